The third-order valence-electron chi connectivity index (χ3n) is 6.54. The summed E-state index contributed by atoms with van der Waals surface area (Å²) in [6, 6.07) is 22.7. The number of ether oxygens (including phenoxy) is 2. The minimum atomic E-state index is -0.452. The maximum absolute atomic E-state index is 13.5. The molecule has 3 amide bonds. The Bertz CT molecular complexity index is 1530. The molecule has 0 radical (unpaired) electrons. The molecule has 0 fully saturated rings. The van der Waals surface area contributed by atoms with Gasteiger partial charge in [-0.15, -0.1) is 0 Å². The highest BCUT2D eigenvalue weighted by atomic mass is 16.5. The van der Waals surface area contributed by atoms with E-state index in [1.807, 2.05) is 75.4 Å². The predicted octanol–water partition coefficient (Wildman–Crippen LogP) is 5.91. The highest BCUT2D eigenvalue weighted by Gasteiger charge is 2.24. The fraction of sp³-hybridized carbons (Fsp3) is 0.250. The molecule has 2 N–H and O–H groups in total. The molecule has 3 aromatic carbocycles. The number of anilines is 2. The average molecular weight is 570 g/mol. The van der Waals surface area contributed by atoms with E-state index in [1.54, 1.807) is 43.0 Å². The molecule has 42 heavy (non-hydrogen) atoms. The Morgan fingerprint density at radius 1 is 0.929 bits per heavy atom. The Labute approximate surface area is 245 Å². The molecule has 10 heteroatoms. The number of urea groups is 1. The number of hydrogen-bond donors (Lipinski definition) is 2. The van der Waals surface area contributed by atoms with E-state index in [2.05, 4.69) is 10.6 Å². The molecule has 1 heterocycles. The summed E-state index contributed by atoms with van der Waals surface area (Å²) in [5.41, 5.74) is 4.02. The lowest BCUT2D eigenvalue weighted by Gasteiger charge is -2.26. The van der Waals surface area contributed by atoms with Gasteiger partial charge >= 0.3 is 12.0 Å². The lowest BCUT2D eigenvalue weighted by molar-refractivity contribution is -0.117. The number of aromatic nitrogens is 2. The SMILES string of the molecule is CCOC(=O)c1ccc(NC(=O)N(CC(=O)Nc2c(-c3ccccc3)c(C)nn2-c2ccc(OC)cc2)C(C)C)cc1. The summed E-state index contributed by atoms with van der Waals surface area (Å²) < 4.78 is 12.0. The zero-order valence-electron chi connectivity index (χ0n) is 24.4. The van der Waals surface area contributed by atoms with E-state index in [4.69, 9.17) is 14.6 Å². The van der Waals surface area contributed by atoms with Gasteiger partial charge in [0.15, 0.2) is 0 Å². The van der Waals surface area contributed by atoms with Crippen molar-refractivity contribution in [2.24, 2.45) is 0 Å². The molecule has 0 spiro atoms. The number of hydrogen-bond acceptors (Lipinski definition) is 6. The van der Waals surface area contributed by atoms with Crippen molar-refractivity contribution in [3.8, 4) is 22.6 Å². The fourth-order valence-corrected chi connectivity index (χ4v) is 4.42. The standard InChI is InChI=1S/C32H35N5O5/c1-6-42-31(39)24-12-14-25(15-13-24)33-32(40)36(21(2)3)20-28(38)34-30-29(23-10-8-7-9-11-23)22(4)35-37(30)26-16-18-27(41-5)19-17-26/h7-19,21H,6,20H2,1-5H3,(H,33,40)(H,34,38). The van der Waals surface area contributed by atoms with Crippen molar-refractivity contribution in [1.82, 2.24) is 14.7 Å². The Morgan fingerprint density at radius 2 is 1.60 bits per heavy atom. The van der Waals surface area contributed by atoms with E-state index in [-0.39, 0.29) is 25.1 Å². The van der Waals surface area contributed by atoms with Crippen LogP contribution in [0.15, 0.2) is 78.9 Å². The minimum absolute atomic E-state index is 0.203. The first-order chi connectivity index (χ1) is 20.2. The van der Waals surface area contributed by atoms with Crippen molar-refractivity contribution >= 4 is 29.4 Å². The van der Waals surface area contributed by atoms with Crippen LogP contribution < -0.4 is 15.4 Å². The first-order valence-corrected chi connectivity index (χ1v) is 13.7. The van der Waals surface area contributed by atoms with Crippen LogP contribution in [0.2, 0.25) is 0 Å². The van der Waals surface area contributed by atoms with Crippen LogP contribution in [0.5, 0.6) is 5.75 Å². The van der Waals surface area contributed by atoms with Crippen molar-refractivity contribution in [2.75, 3.05) is 30.9 Å². The van der Waals surface area contributed by atoms with E-state index < -0.39 is 12.0 Å². The van der Waals surface area contributed by atoms with Crippen LogP contribution in [0, 0.1) is 6.92 Å². The number of carbonyl (C=O) groups is 3. The molecule has 0 unspecified atom stereocenters. The third kappa shape index (κ3) is 6.95. The van der Waals surface area contributed by atoms with Crippen molar-refractivity contribution < 1.29 is 23.9 Å². The monoisotopic (exact) mass is 569 g/mol. The average Bonchev–Trinajstić information content (AvgIpc) is 3.31. The van der Waals surface area contributed by atoms with E-state index in [1.165, 1.54) is 4.90 Å². The lowest BCUT2D eigenvalue weighted by atomic mass is 10.1. The van der Waals surface area contributed by atoms with Crippen molar-refractivity contribution in [3.05, 3.63) is 90.1 Å². The molecule has 0 atom stereocenters. The maximum Gasteiger partial charge on any atom is 0.338 e. The van der Waals surface area contributed by atoms with E-state index in [9.17, 15) is 14.4 Å². The van der Waals surface area contributed by atoms with Gasteiger partial charge in [-0.05, 0) is 81.8 Å². The topological polar surface area (TPSA) is 115 Å². The Morgan fingerprint density at radius 3 is 2.19 bits per heavy atom. The van der Waals surface area contributed by atoms with Crippen LogP contribution >= 0.6 is 0 Å². The van der Waals surface area contributed by atoms with Gasteiger partial charge in [-0.3, -0.25) is 4.79 Å². The molecule has 4 rings (SSSR count). The van der Waals surface area contributed by atoms with Gasteiger partial charge in [0.25, 0.3) is 0 Å². The van der Waals surface area contributed by atoms with Crippen molar-refractivity contribution in [2.45, 2.75) is 33.7 Å². The lowest BCUT2D eigenvalue weighted by Crippen LogP contribution is -2.44. The zero-order valence-corrected chi connectivity index (χ0v) is 24.4. The molecule has 1 aromatic heterocycles. The van der Waals surface area contributed by atoms with Crippen LogP contribution in [-0.2, 0) is 9.53 Å². The Kier molecular flexibility index (Phi) is 9.59. The van der Waals surface area contributed by atoms with Crippen LogP contribution in [0.25, 0.3) is 16.8 Å². The van der Waals surface area contributed by atoms with E-state index >= 15 is 0 Å². The molecule has 10 nitrogen and oxygen atoms in total. The first kappa shape index (κ1) is 29.9. The van der Waals surface area contributed by atoms with Gasteiger partial charge < -0.3 is 25.0 Å². The molecule has 0 aliphatic carbocycles. The summed E-state index contributed by atoms with van der Waals surface area (Å²) in [4.78, 5) is 40.1. The zero-order chi connectivity index (χ0) is 30.2. The van der Waals surface area contributed by atoms with Crippen molar-refractivity contribution in [1.29, 1.82) is 0 Å². The summed E-state index contributed by atoms with van der Waals surface area (Å²) in [6.07, 6.45) is 0. The maximum atomic E-state index is 13.5. The summed E-state index contributed by atoms with van der Waals surface area (Å²) in [7, 11) is 1.60. The normalized spacial score (nSPS) is 10.7. The van der Waals surface area contributed by atoms with Crippen LogP contribution in [-0.4, -0.2) is 58.9 Å². The number of methoxy groups -OCH3 is 1. The summed E-state index contributed by atoms with van der Waals surface area (Å²) in [5, 5.41) is 10.6. The van der Waals surface area contributed by atoms with Gasteiger partial charge in [0.1, 0.15) is 18.1 Å². The highest BCUT2D eigenvalue weighted by molar-refractivity contribution is 5.99. The Balaban J connectivity index is 1.57. The smallest absolute Gasteiger partial charge is 0.338 e. The molecule has 0 saturated carbocycles. The number of rotatable bonds is 10. The van der Waals surface area contributed by atoms with Gasteiger partial charge in [0, 0.05) is 17.3 Å². The summed E-state index contributed by atoms with van der Waals surface area (Å²) in [5.74, 6) is 0.372. The van der Waals surface area contributed by atoms with E-state index in [0.29, 0.717) is 22.8 Å². The predicted molar refractivity (Wildman–Crippen MR) is 162 cm³/mol. The largest absolute Gasteiger partial charge is 0.497 e. The second-order valence-electron chi connectivity index (χ2n) is 9.78. The number of nitrogens with zero attached hydrogens (tertiary/aromatic N) is 3. The number of nitrogens with one attached hydrogen (secondary N) is 2. The van der Waals surface area contributed by atoms with Crippen LogP contribution in [0.3, 0.4) is 0 Å². The number of carbonyl (C=O) groups excluding carboxylic acids is 3. The molecular weight excluding hydrogens is 534 g/mol. The Hall–Kier alpha value is -5.12. The number of aryl methyl sites for hydroxylation is 1. The highest BCUT2D eigenvalue weighted by Crippen LogP contribution is 2.33. The second-order valence-corrected chi connectivity index (χ2v) is 9.78. The third-order valence-corrected chi connectivity index (χ3v) is 6.54. The summed E-state index contributed by atoms with van der Waals surface area (Å²) in [6.45, 7) is 7.36. The second kappa shape index (κ2) is 13.5. The van der Waals surface area contributed by atoms with Gasteiger partial charge in [-0.1, -0.05) is 30.3 Å². The minimum Gasteiger partial charge on any atom is -0.497 e. The van der Waals surface area contributed by atoms with Gasteiger partial charge in [0.05, 0.1) is 30.7 Å². The van der Waals surface area contributed by atoms with E-state index in [0.717, 1.165) is 22.5 Å². The van der Waals surface area contributed by atoms with Gasteiger partial charge in [-0.25, -0.2) is 14.3 Å². The number of esters is 1. The van der Waals surface area contributed by atoms with Crippen LogP contribution in [0.1, 0.15) is 36.8 Å². The summed E-state index contributed by atoms with van der Waals surface area (Å²) >= 11 is 0. The van der Waals surface area contributed by atoms with Crippen LogP contribution in [0.4, 0.5) is 16.3 Å². The molecule has 4 aromatic rings. The van der Waals surface area contributed by atoms with Gasteiger partial charge in [0.2, 0.25) is 5.91 Å². The molecule has 0 aliphatic rings. The molecular formula is C32H35N5O5. The molecule has 0 saturated heterocycles. The first-order valence-electron chi connectivity index (χ1n) is 13.7. The fourth-order valence-electron chi connectivity index (χ4n) is 4.42. The number of amides is 3. The molecule has 0 aliphatic heterocycles. The quantitative estimate of drug-likeness (QED) is 0.229. The molecule has 218 valence electrons. The number of benzene rings is 3. The van der Waals surface area contributed by atoms with Gasteiger partial charge in [-0.2, -0.15) is 5.10 Å². The van der Waals surface area contributed by atoms with Crippen molar-refractivity contribution in [3.63, 3.8) is 0 Å². The molecule has 0 bridgehead atoms.